The first kappa shape index (κ1) is 12.9. The number of carbonyl (C=O) groups excluding carboxylic acids is 1. The van der Waals surface area contributed by atoms with Gasteiger partial charge >= 0.3 is 5.97 Å². The number of aliphatic carboxylic acids is 1. The first-order valence-corrected chi connectivity index (χ1v) is 5.76. The molecule has 5 heteroatoms. The van der Waals surface area contributed by atoms with Gasteiger partial charge in [0.1, 0.15) is 12.3 Å². The van der Waals surface area contributed by atoms with Crippen LogP contribution in [-0.2, 0) is 11.2 Å². The maximum Gasteiger partial charge on any atom is 0.326 e. The third kappa shape index (κ3) is 3.45. The van der Waals surface area contributed by atoms with Gasteiger partial charge in [0.25, 0.3) is 5.91 Å². The summed E-state index contributed by atoms with van der Waals surface area (Å²) < 4.78 is 4.79. The maximum atomic E-state index is 11.8. The molecule has 1 heterocycles. The lowest BCUT2D eigenvalue weighted by atomic mass is 10.1. The zero-order valence-electron chi connectivity index (χ0n) is 10.1. The zero-order chi connectivity index (χ0) is 13.7. The van der Waals surface area contributed by atoms with E-state index in [-0.39, 0.29) is 6.42 Å². The number of amides is 1. The van der Waals surface area contributed by atoms with E-state index < -0.39 is 17.9 Å². The normalized spacial score (nSPS) is 11.8. The Morgan fingerprint density at radius 1 is 1.21 bits per heavy atom. The van der Waals surface area contributed by atoms with E-state index in [4.69, 9.17) is 9.52 Å². The van der Waals surface area contributed by atoms with E-state index in [1.54, 1.807) is 0 Å². The Morgan fingerprint density at radius 3 is 2.53 bits per heavy atom. The second kappa shape index (κ2) is 5.86. The Hall–Kier alpha value is -2.56. The van der Waals surface area contributed by atoms with Gasteiger partial charge in [-0.05, 0) is 11.6 Å². The molecule has 1 amide bonds. The fraction of sp³-hybridized carbons (Fsp3) is 0.143. The summed E-state index contributed by atoms with van der Waals surface area (Å²) in [4.78, 5) is 22.9. The lowest BCUT2D eigenvalue weighted by Gasteiger charge is -2.13. The van der Waals surface area contributed by atoms with E-state index in [0.29, 0.717) is 5.56 Å². The zero-order valence-corrected chi connectivity index (χ0v) is 10.1. The monoisotopic (exact) mass is 259 g/mol. The summed E-state index contributed by atoms with van der Waals surface area (Å²) in [7, 11) is 0. The van der Waals surface area contributed by atoms with Crippen molar-refractivity contribution in [2.45, 2.75) is 12.5 Å². The summed E-state index contributed by atoms with van der Waals surface area (Å²) in [6, 6.07) is 9.66. The van der Waals surface area contributed by atoms with E-state index in [9.17, 15) is 9.59 Å². The quantitative estimate of drug-likeness (QED) is 0.856. The van der Waals surface area contributed by atoms with Gasteiger partial charge in [-0.25, -0.2) is 4.79 Å². The largest absolute Gasteiger partial charge is 0.480 e. The van der Waals surface area contributed by atoms with E-state index >= 15 is 0 Å². The number of hydrogen-bond acceptors (Lipinski definition) is 3. The molecule has 2 rings (SSSR count). The Morgan fingerprint density at radius 2 is 1.95 bits per heavy atom. The number of benzene rings is 1. The molecule has 1 aromatic carbocycles. The molecule has 19 heavy (non-hydrogen) atoms. The summed E-state index contributed by atoms with van der Waals surface area (Å²) in [6.45, 7) is 0. The van der Waals surface area contributed by atoms with Gasteiger partial charge in [0.15, 0.2) is 0 Å². The first-order chi connectivity index (χ1) is 9.16. The molecule has 0 aliphatic carbocycles. The van der Waals surface area contributed by atoms with Crippen molar-refractivity contribution in [1.82, 2.24) is 5.32 Å². The van der Waals surface area contributed by atoms with Crippen LogP contribution in [0.2, 0.25) is 0 Å². The summed E-state index contributed by atoms with van der Waals surface area (Å²) >= 11 is 0. The van der Waals surface area contributed by atoms with Crippen molar-refractivity contribution in [3.8, 4) is 0 Å². The molecular formula is C14H13NO4. The molecule has 5 nitrogen and oxygen atoms in total. The molecule has 2 N–H and O–H groups in total. The number of furan rings is 1. The third-order valence-corrected chi connectivity index (χ3v) is 2.67. The van der Waals surface area contributed by atoms with Crippen molar-refractivity contribution >= 4 is 11.9 Å². The summed E-state index contributed by atoms with van der Waals surface area (Å²) in [5, 5.41) is 11.6. The Balaban J connectivity index is 2.05. The van der Waals surface area contributed by atoms with Crippen LogP contribution in [0.25, 0.3) is 0 Å². The molecule has 0 aliphatic heterocycles. The number of carboxylic acid groups (broad SMARTS) is 1. The molecule has 0 aliphatic rings. The Bertz CT molecular complexity index is 548. The lowest BCUT2D eigenvalue weighted by molar-refractivity contribution is -0.139. The van der Waals surface area contributed by atoms with Gasteiger partial charge in [-0.15, -0.1) is 0 Å². The van der Waals surface area contributed by atoms with Crippen molar-refractivity contribution in [2.75, 3.05) is 0 Å². The summed E-state index contributed by atoms with van der Waals surface area (Å²) in [5.41, 5.74) is 1.15. The number of hydrogen-bond donors (Lipinski definition) is 2. The second-order valence-corrected chi connectivity index (χ2v) is 4.07. The van der Waals surface area contributed by atoms with Crippen LogP contribution in [0.3, 0.4) is 0 Å². The minimum absolute atomic E-state index is 0.236. The van der Waals surface area contributed by atoms with Gasteiger partial charge in [0, 0.05) is 6.42 Å². The van der Waals surface area contributed by atoms with Crippen LogP contribution in [0.1, 0.15) is 15.9 Å². The van der Waals surface area contributed by atoms with Gasteiger partial charge in [-0.2, -0.15) is 0 Å². The molecular weight excluding hydrogens is 246 g/mol. The molecule has 0 bridgehead atoms. The number of rotatable bonds is 5. The predicted molar refractivity (Wildman–Crippen MR) is 67.7 cm³/mol. The van der Waals surface area contributed by atoms with Crippen molar-refractivity contribution in [2.24, 2.45) is 0 Å². The first-order valence-electron chi connectivity index (χ1n) is 5.76. The van der Waals surface area contributed by atoms with Crippen molar-refractivity contribution in [3.05, 3.63) is 60.1 Å². The van der Waals surface area contributed by atoms with Crippen LogP contribution >= 0.6 is 0 Å². The molecule has 2 aromatic rings. The van der Waals surface area contributed by atoms with Crippen LogP contribution in [0.4, 0.5) is 0 Å². The smallest absolute Gasteiger partial charge is 0.326 e. The van der Waals surface area contributed by atoms with Gasteiger partial charge in [-0.3, -0.25) is 4.79 Å². The van der Waals surface area contributed by atoms with Crippen LogP contribution in [0.5, 0.6) is 0 Å². The molecule has 0 unspecified atom stereocenters. The average Bonchev–Trinajstić information content (AvgIpc) is 2.93. The minimum Gasteiger partial charge on any atom is -0.480 e. The highest BCUT2D eigenvalue weighted by Gasteiger charge is 2.21. The number of nitrogens with one attached hydrogen (secondary N) is 1. The van der Waals surface area contributed by atoms with Crippen molar-refractivity contribution in [3.63, 3.8) is 0 Å². The highest BCUT2D eigenvalue weighted by atomic mass is 16.4. The fourth-order valence-electron chi connectivity index (χ4n) is 1.69. The molecule has 1 atom stereocenters. The SMILES string of the molecule is O=C(N[C@@H](Cc1ccccc1)C(=O)O)c1ccoc1. The second-order valence-electron chi connectivity index (χ2n) is 4.07. The topological polar surface area (TPSA) is 79.5 Å². The standard InChI is InChI=1S/C14H13NO4/c16-13(11-6-7-19-9-11)15-12(14(17)18)8-10-4-2-1-3-5-10/h1-7,9,12H,8H2,(H,15,16)(H,17,18)/t12-/m0/s1. The third-order valence-electron chi connectivity index (χ3n) is 2.67. The van der Waals surface area contributed by atoms with E-state index in [1.165, 1.54) is 18.6 Å². The molecule has 0 fully saturated rings. The average molecular weight is 259 g/mol. The fourth-order valence-corrected chi connectivity index (χ4v) is 1.69. The van der Waals surface area contributed by atoms with Gasteiger partial charge < -0.3 is 14.8 Å². The molecule has 1 aromatic heterocycles. The Labute approximate surface area is 109 Å². The van der Waals surface area contributed by atoms with E-state index in [0.717, 1.165) is 5.56 Å². The van der Waals surface area contributed by atoms with Crippen molar-refractivity contribution < 1.29 is 19.1 Å². The predicted octanol–water partition coefficient (Wildman–Crippen LogP) is 1.71. The Kier molecular flexibility index (Phi) is 3.97. The molecule has 0 saturated carbocycles. The highest BCUT2D eigenvalue weighted by Crippen LogP contribution is 2.05. The van der Waals surface area contributed by atoms with Crippen molar-refractivity contribution in [1.29, 1.82) is 0 Å². The highest BCUT2D eigenvalue weighted by molar-refractivity contribution is 5.96. The maximum absolute atomic E-state index is 11.8. The van der Waals surface area contributed by atoms with E-state index in [2.05, 4.69) is 5.32 Å². The van der Waals surface area contributed by atoms with Gasteiger partial charge in [0.05, 0.1) is 11.8 Å². The van der Waals surface area contributed by atoms with Crippen LogP contribution in [0, 0.1) is 0 Å². The number of carboxylic acids is 1. The lowest BCUT2D eigenvalue weighted by Crippen LogP contribution is -2.42. The van der Waals surface area contributed by atoms with Crippen LogP contribution in [0.15, 0.2) is 53.3 Å². The minimum atomic E-state index is -1.07. The van der Waals surface area contributed by atoms with Gasteiger partial charge in [0.2, 0.25) is 0 Å². The molecule has 0 saturated heterocycles. The van der Waals surface area contributed by atoms with Crippen LogP contribution < -0.4 is 5.32 Å². The molecule has 98 valence electrons. The van der Waals surface area contributed by atoms with Crippen LogP contribution in [-0.4, -0.2) is 23.0 Å². The number of carbonyl (C=O) groups is 2. The van der Waals surface area contributed by atoms with Gasteiger partial charge in [-0.1, -0.05) is 30.3 Å². The molecule has 0 spiro atoms. The summed E-state index contributed by atoms with van der Waals surface area (Å²) in [5.74, 6) is -1.53. The van der Waals surface area contributed by atoms with E-state index in [1.807, 2.05) is 30.3 Å². The summed E-state index contributed by atoms with van der Waals surface area (Å²) in [6.07, 6.45) is 2.87. The molecule has 0 radical (unpaired) electrons.